The van der Waals surface area contributed by atoms with Crippen molar-refractivity contribution in [2.24, 2.45) is 0 Å². The molecule has 0 amide bonds. The molecule has 0 aromatic carbocycles. The Morgan fingerprint density at radius 1 is 1.52 bits per heavy atom. The summed E-state index contributed by atoms with van der Waals surface area (Å²) in [6.45, 7) is 4.19. The number of hydrogen-bond donors (Lipinski definition) is 2. The number of nitrogens with two attached hydrogens (primary N) is 1. The lowest BCUT2D eigenvalue weighted by Gasteiger charge is -2.07. The second-order valence-electron chi connectivity index (χ2n) is 4.44. The number of aryl methyl sites for hydroxylation is 2. The number of anilines is 2. The topological polar surface area (TPSA) is 86.1 Å². The van der Waals surface area contributed by atoms with Crippen LogP contribution in [0.5, 0.6) is 5.88 Å². The first kappa shape index (κ1) is 15.1. The average molecular weight is 311 g/mol. The van der Waals surface area contributed by atoms with Gasteiger partial charge in [-0.15, -0.1) is 5.43 Å². The molecule has 2 rings (SSSR count). The Hall–Kier alpha value is -2.28. The fraction of sp³-hybridized carbons (Fsp3) is 0.308. The normalized spacial score (nSPS) is 10.5. The molecule has 0 unspecified atom stereocenters. The van der Waals surface area contributed by atoms with Gasteiger partial charge in [0.25, 0.3) is 5.56 Å². The predicted octanol–water partition coefficient (Wildman–Crippen LogP) is 0.979. The van der Waals surface area contributed by atoms with Crippen LogP contribution < -0.4 is 26.2 Å². The molecular formula is C13H17ClN5O2+. The van der Waals surface area contributed by atoms with E-state index in [1.165, 1.54) is 16.5 Å². The second-order valence-corrected chi connectivity index (χ2v) is 4.87. The summed E-state index contributed by atoms with van der Waals surface area (Å²) in [5.74, 6) is 0.269. The van der Waals surface area contributed by atoms with Crippen molar-refractivity contribution in [3.63, 3.8) is 0 Å². The van der Waals surface area contributed by atoms with E-state index in [2.05, 4.69) is 10.5 Å². The largest absolute Gasteiger partial charge is 0.476 e. The number of ether oxygens (including phenoxy) is 1. The van der Waals surface area contributed by atoms with Crippen LogP contribution >= 0.6 is 11.6 Å². The van der Waals surface area contributed by atoms with Gasteiger partial charge in [0, 0.05) is 30.5 Å². The summed E-state index contributed by atoms with van der Waals surface area (Å²) in [6.07, 6.45) is 1.59. The summed E-state index contributed by atoms with van der Waals surface area (Å²) in [7, 11) is 1.47. The smallest absolute Gasteiger partial charge is 0.305 e. The van der Waals surface area contributed by atoms with E-state index >= 15 is 0 Å². The average Bonchev–Trinajstić information content (AvgIpc) is 2.45. The Balaban J connectivity index is 2.48. The molecule has 0 fully saturated rings. The molecule has 0 atom stereocenters. The van der Waals surface area contributed by atoms with Crippen molar-refractivity contribution in [3.8, 4) is 5.88 Å². The zero-order valence-corrected chi connectivity index (χ0v) is 12.8. The van der Waals surface area contributed by atoms with Gasteiger partial charge in [0.15, 0.2) is 5.69 Å². The first-order valence-corrected chi connectivity index (χ1v) is 6.74. The highest BCUT2D eigenvalue weighted by Crippen LogP contribution is 2.15. The summed E-state index contributed by atoms with van der Waals surface area (Å²) < 4.78 is 6.58. The molecule has 0 aliphatic carbocycles. The fourth-order valence-electron chi connectivity index (χ4n) is 1.88. The van der Waals surface area contributed by atoms with Gasteiger partial charge in [0.05, 0.1) is 17.2 Å². The number of halogens is 1. The Morgan fingerprint density at radius 3 is 2.86 bits per heavy atom. The van der Waals surface area contributed by atoms with E-state index in [0.29, 0.717) is 22.9 Å². The summed E-state index contributed by atoms with van der Waals surface area (Å²) in [6, 6.07) is 3.24. The maximum Gasteiger partial charge on any atom is 0.305 e. The number of pyridine rings is 1. The Labute approximate surface area is 126 Å². The summed E-state index contributed by atoms with van der Waals surface area (Å²) >= 11 is 6.02. The lowest BCUT2D eigenvalue weighted by Crippen LogP contribution is -2.50. The van der Waals surface area contributed by atoms with Gasteiger partial charge in [-0.1, -0.05) is 11.6 Å². The second kappa shape index (κ2) is 6.01. The highest BCUT2D eigenvalue weighted by molar-refractivity contribution is 6.30. The molecule has 0 aliphatic heterocycles. The molecule has 7 nitrogen and oxygen atoms in total. The van der Waals surface area contributed by atoms with Gasteiger partial charge in [-0.2, -0.15) is 0 Å². The summed E-state index contributed by atoms with van der Waals surface area (Å²) in [5.41, 5.74) is 9.96. The van der Waals surface area contributed by atoms with Gasteiger partial charge in [-0.05, 0) is 13.0 Å². The van der Waals surface area contributed by atoms with E-state index in [1.54, 1.807) is 25.3 Å². The quantitative estimate of drug-likeness (QED) is 0.822. The standard InChI is InChI=1S/C13H16ClN5O2/c1-4-18-7-9(14)6-11(13(18)20)16-19-8(2)5-10(15)12(17-19)21-3/h5-7,15-16H,4H2,1-3H3/p+1. The van der Waals surface area contributed by atoms with Gasteiger partial charge in [-0.25, -0.2) is 0 Å². The third-order valence-corrected chi connectivity index (χ3v) is 3.16. The van der Waals surface area contributed by atoms with Gasteiger partial charge in [-0.3, -0.25) is 4.79 Å². The number of aromatic nitrogens is 3. The highest BCUT2D eigenvalue weighted by Gasteiger charge is 2.18. The van der Waals surface area contributed by atoms with Crippen LogP contribution in [-0.2, 0) is 6.54 Å². The van der Waals surface area contributed by atoms with E-state index in [0.717, 1.165) is 5.69 Å². The third kappa shape index (κ3) is 3.08. The molecule has 8 heteroatoms. The molecular weight excluding hydrogens is 294 g/mol. The van der Waals surface area contributed by atoms with Gasteiger partial charge >= 0.3 is 5.88 Å². The van der Waals surface area contributed by atoms with Crippen LogP contribution in [0.2, 0.25) is 5.02 Å². The maximum atomic E-state index is 12.2. The highest BCUT2D eigenvalue weighted by atomic mass is 35.5. The van der Waals surface area contributed by atoms with Crippen LogP contribution in [0.3, 0.4) is 0 Å². The van der Waals surface area contributed by atoms with E-state index in [9.17, 15) is 4.79 Å². The van der Waals surface area contributed by atoms with Crippen molar-refractivity contribution in [1.29, 1.82) is 0 Å². The van der Waals surface area contributed by atoms with E-state index in [-0.39, 0.29) is 11.4 Å². The Bertz CT molecular complexity index is 729. The van der Waals surface area contributed by atoms with E-state index in [4.69, 9.17) is 22.1 Å². The zero-order chi connectivity index (χ0) is 15.6. The number of methoxy groups -OCH3 is 1. The first-order chi connectivity index (χ1) is 9.96. The predicted molar refractivity (Wildman–Crippen MR) is 80.5 cm³/mol. The zero-order valence-electron chi connectivity index (χ0n) is 12.1. The van der Waals surface area contributed by atoms with Crippen LogP contribution in [0.1, 0.15) is 12.6 Å². The van der Waals surface area contributed by atoms with Crippen LogP contribution in [0.25, 0.3) is 0 Å². The molecule has 21 heavy (non-hydrogen) atoms. The molecule has 0 saturated heterocycles. The number of nitrogen functional groups attached to an aromatic ring is 1. The molecule has 0 spiro atoms. The number of nitrogens with zero attached hydrogens (tertiary/aromatic N) is 3. The monoisotopic (exact) mass is 310 g/mol. The Kier molecular flexibility index (Phi) is 4.32. The van der Waals surface area contributed by atoms with Crippen LogP contribution in [0.15, 0.2) is 23.1 Å². The van der Waals surface area contributed by atoms with Crippen LogP contribution in [0.4, 0.5) is 11.4 Å². The minimum absolute atomic E-state index is 0.189. The van der Waals surface area contributed by atoms with E-state index in [1.807, 2.05) is 6.92 Å². The van der Waals surface area contributed by atoms with Crippen molar-refractivity contribution in [2.45, 2.75) is 20.4 Å². The van der Waals surface area contributed by atoms with Crippen LogP contribution in [-0.4, -0.2) is 16.8 Å². The summed E-state index contributed by atoms with van der Waals surface area (Å²) in [5, 5.41) is 4.64. The number of rotatable bonds is 4. The van der Waals surface area contributed by atoms with E-state index < -0.39 is 0 Å². The molecule has 0 saturated carbocycles. The minimum Gasteiger partial charge on any atom is -0.476 e. The fourth-order valence-corrected chi connectivity index (χ4v) is 2.10. The third-order valence-electron chi connectivity index (χ3n) is 2.95. The maximum absolute atomic E-state index is 12.2. The SMILES string of the molecule is CCn1cc(Cl)cc(N[n+]2nc(OC)c(N)cc2C)c1=O. The number of nitrogens with one attached hydrogen (secondary N) is 1. The molecule has 0 aliphatic rings. The lowest BCUT2D eigenvalue weighted by atomic mass is 10.3. The van der Waals surface area contributed by atoms with Crippen molar-refractivity contribution in [3.05, 3.63) is 39.4 Å². The molecule has 2 heterocycles. The van der Waals surface area contributed by atoms with Crippen molar-refractivity contribution in [2.75, 3.05) is 18.3 Å². The Morgan fingerprint density at radius 2 is 2.24 bits per heavy atom. The minimum atomic E-state index is -0.189. The van der Waals surface area contributed by atoms with Crippen molar-refractivity contribution in [1.82, 2.24) is 9.67 Å². The molecule has 2 aromatic heterocycles. The molecule has 2 aromatic rings. The van der Waals surface area contributed by atoms with Gasteiger partial charge < -0.3 is 15.0 Å². The van der Waals surface area contributed by atoms with Gasteiger partial charge in [0.1, 0.15) is 5.69 Å². The van der Waals surface area contributed by atoms with Gasteiger partial charge in [0.2, 0.25) is 5.69 Å². The van der Waals surface area contributed by atoms with Crippen molar-refractivity contribution >= 4 is 23.0 Å². The van der Waals surface area contributed by atoms with Crippen LogP contribution in [0, 0.1) is 6.92 Å². The molecule has 3 N–H and O–H groups in total. The van der Waals surface area contributed by atoms with Crippen molar-refractivity contribution < 1.29 is 9.53 Å². The molecule has 0 radical (unpaired) electrons. The first-order valence-electron chi connectivity index (χ1n) is 6.36. The molecule has 0 bridgehead atoms. The lowest BCUT2D eigenvalue weighted by molar-refractivity contribution is -0.710. The molecule has 112 valence electrons. The number of hydrogen-bond acceptors (Lipinski definition) is 5. The summed E-state index contributed by atoms with van der Waals surface area (Å²) in [4.78, 5) is 13.7.